The zero-order valence-electron chi connectivity index (χ0n) is 14.5. The second-order valence-electron chi connectivity index (χ2n) is 6.18. The molecule has 0 aliphatic rings. The van der Waals surface area contributed by atoms with Crippen molar-refractivity contribution in [3.8, 4) is 0 Å². The summed E-state index contributed by atoms with van der Waals surface area (Å²) in [4.78, 5) is 24.3. The minimum atomic E-state index is -0.872. The summed E-state index contributed by atoms with van der Waals surface area (Å²) in [6.45, 7) is 7.68. The van der Waals surface area contributed by atoms with Crippen molar-refractivity contribution in [2.45, 2.75) is 39.7 Å². The summed E-state index contributed by atoms with van der Waals surface area (Å²) in [5.41, 5.74) is 3.32. The summed E-state index contributed by atoms with van der Waals surface area (Å²) in [5.74, 6) is -0.459. The van der Waals surface area contributed by atoms with Crippen LogP contribution in [0, 0.1) is 6.92 Å². The molecule has 1 N–H and O–H groups in total. The zero-order valence-corrected chi connectivity index (χ0v) is 14.5. The van der Waals surface area contributed by atoms with E-state index in [0.717, 1.165) is 11.1 Å². The molecular weight excluding hydrogens is 302 g/mol. The molecule has 126 valence electrons. The predicted molar refractivity (Wildman–Crippen MR) is 95.2 cm³/mol. The fourth-order valence-corrected chi connectivity index (χ4v) is 2.25. The second kappa shape index (κ2) is 7.77. The molecule has 0 aliphatic carbocycles. The van der Waals surface area contributed by atoms with Gasteiger partial charge in [0.25, 0.3) is 5.91 Å². The number of nitrogens with one attached hydrogen (secondary N) is 1. The first-order chi connectivity index (χ1) is 11.4. The Labute approximate surface area is 142 Å². The molecule has 0 radical (unpaired) electrons. The smallest absolute Gasteiger partial charge is 0.338 e. The predicted octanol–water partition coefficient (Wildman–Crippen LogP) is 4.30. The van der Waals surface area contributed by atoms with Crippen molar-refractivity contribution in [2.75, 3.05) is 5.32 Å². The summed E-state index contributed by atoms with van der Waals surface area (Å²) in [7, 11) is 0. The molecule has 2 rings (SSSR count). The van der Waals surface area contributed by atoms with Crippen molar-refractivity contribution < 1.29 is 14.3 Å². The number of carbonyl (C=O) groups is 2. The molecule has 24 heavy (non-hydrogen) atoms. The molecule has 2 aromatic carbocycles. The largest absolute Gasteiger partial charge is 0.449 e. The van der Waals surface area contributed by atoms with Crippen LogP contribution in [-0.4, -0.2) is 18.0 Å². The highest BCUT2D eigenvalue weighted by molar-refractivity contribution is 5.97. The van der Waals surface area contributed by atoms with Crippen molar-refractivity contribution in [2.24, 2.45) is 0 Å². The average Bonchev–Trinajstić information content (AvgIpc) is 2.54. The lowest BCUT2D eigenvalue weighted by Crippen LogP contribution is -2.30. The summed E-state index contributed by atoms with van der Waals surface area (Å²) in [6.07, 6.45) is -0.872. The van der Waals surface area contributed by atoms with Crippen molar-refractivity contribution in [1.82, 2.24) is 0 Å². The van der Waals surface area contributed by atoms with Gasteiger partial charge in [-0.3, -0.25) is 4.79 Å². The van der Waals surface area contributed by atoms with E-state index in [2.05, 4.69) is 19.2 Å². The van der Waals surface area contributed by atoms with Gasteiger partial charge in [0.2, 0.25) is 0 Å². The van der Waals surface area contributed by atoms with Gasteiger partial charge >= 0.3 is 5.97 Å². The van der Waals surface area contributed by atoms with E-state index in [4.69, 9.17) is 4.74 Å². The summed E-state index contributed by atoms with van der Waals surface area (Å²) in [5, 5.41) is 2.75. The van der Waals surface area contributed by atoms with E-state index in [0.29, 0.717) is 17.2 Å². The van der Waals surface area contributed by atoms with Gasteiger partial charge in [-0.1, -0.05) is 38.1 Å². The lowest BCUT2D eigenvalue weighted by molar-refractivity contribution is -0.123. The zero-order chi connectivity index (χ0) is 17.7. The molecule has 0 aliphatic heterocycles. The lowest BCUT2D eigenvalue weighted by atomic mass is 10.0. The first-order valence-electron chi connectivity index (χ1n) is 8.05. The fourth-order valence-electron chi connectivity index (χ4n) is 2.25. The first-order valence-corrected chi connectivity index (χ1v) is 8.05. The molecule has 0 fully saturated rings. The van der Waals surface area contributed by atoms with Gasteiger partial charge in [0.1, 0.15) is 0 Å². The molecule has 2 aromatic rings. The van der Waals surface area contributed by atoms with E-state index >= 15 is 0 Å². The number of aryl methyl sites for hydroxylation is 1. The Balaban J connectivity index is 1.96. The monoisotopic (exact) mass is 325 g/mol. The molecular formula is C20H23NO3. The van der Waals surface area contributed by atoms with Crippen molar-refractivity contribution in [3.05, 3.63) is 65.2 Å². The Morgan fingerprint density at radius 2 is 1.67 bits per heavy atom. The SMILES string of the molecule is Cc1cccc(NC(=O)[C@H](C)OC(=O)c2ccc(C(C)C)cc2)c1. The number of benzene rings is 2. The van der Waals surface area contributed by atoms with Gasteiger partial charge in [0.05, 0.1) is 5.56 Å². The highest BCUT2D eigenvalue weighted by Gasteiger charge is 2.19. The number of anilines is 1. The highest BCUT2D eigenvalue weighted by atomic mass is 16.5. The Morgan fingerprint density at radius 1 is 1.00 bits per heavy atom. The van der Waals surface area contributed by atoms with Crippen LogP contribution in [0.5, 0.6) is 0 Å². The molecule has 0 spiro atoms. The lowest BCUT2D eigenvalue weighted by Gasteiger charge is -2.14. The molecule has 4 nitrogen and oxygen atoms in total. The normalized spacial score (nSPS) is 11.9. The van der Waals surface area contributed by atoms with E-state index in [-0.39, 0.29) is 5.91 Å². The van der Waals surface area contributed by atoms with Crippen LogP contribution in [0.3, 0.4) is 0 Å². The Bertz CT molecular complexity index is 720. The van der Waals surface area contributed by atoms with Crippen molar-refractivity contribution in [1.29, 1.82) is 0 Å². The van der Waals surface area contributed by atoms with Gasteiger partial charge in [-0.25, -0.2) is 4.79 Å². The van der Waals surface area contributed by atoms with Crippen LogP contribution >= 0.6 is 0 Å². The molecule has 0 bridgehead atoms. The summed E-state index contributed by atoms with van der Waals surface area (Å²) in [6, 6.07) is 14.7. The molecule has 0 aromatic heterocycles. The highest BCUT2D eigenvalue weighted by Crippen LogP contribution is 2.16. The van der Waals surface area contributed by atoms with Crippen LogP contribution in [0.25, 0.3) is 0 Å². The average molecular weight is 325 g/mol. The van der Waals surface area contributed by atoms with Gasteiger partial charge in [0.15, 0.2) is 6.10 Å². The maximum atomic E-state index is 12.1. The molecule has 4 heteroatoms. The summed E-state index contributed by atoms with van der Waals surface area (Å²) >= 11 is 0. The van der Waals surface area contributed by atoms with Crippen LogP contribution in [0.2, 0.25) is 0 Å². The third-order valence-electron chi connectivity index (χ3n) is 3.75. The van der Waals surface area contributed by atoms with Gasteiger partial charge in [-0.05, 0) is 55.2 Å². The minimum absolute atomic E-state index is 0.354. The molecule has 0 unspecified atom stereocenters. The van der Waals surface area contributed by atoms with Crippen LogP contribution in [-0.2, 0) is 9.53 Å². The number of carbonyl (C=O) groups excluding carboxylic acids is 2. The maximum absolute atomic E-state index is 12.1. The Morgan fingerprint density at radius 3 is 2.25 bits per heavy atom. The third kappa shape index (κ3) is 4.69. The number of esters is 1. The van der Waals surface area contributed by atoms with Gasteiger partial charge in [0, 0.05) is 5.69 Å². The molecule has 0 saturated carbocycles. The number of hydrogen-bond donors (Lipinski definition) is 1. The summed E-state index contributed by atoms with van der Waals surface area (Å²) < 4.78 is 5.25. The number of rotatable bonds is 5. The first kappa shape index (κ1) is 17.7. The van der Waals surface area contributed by atoms with Crippen molar-refractivity contribution in [3.63, 3.8) is 0 Å². The molecule has 0 heterocycles. The number of hydrogen-bond acceptors (Lipinski definition) is 3. The van der Waals surface area contributed by atoms with Gasteiger partial charge in [-0.2, -0.15) is 0 Å². The number of ether oxygens (including phenoxy) is 1. The minimum Gasteiger partial charge on any atom is -0.449 e. The molecule has 1 amide bonds. The molecule has 1 atom stereocenters. The Kier molecular flexibility index (Phi) is 5.74. The van der Waals surface area contributed by atoms with Crippen LogP contribution in [0.15, 0.2) is 48.5 Å². The number of amides is 1. The Hall–Kier alpha value is -2.62. The fraction of sp³-hybridized carbons (Fsp3) is 0.300. The van der Waals surface area contributed by atoms with E-state index in [1.807, 2.05) is 37.3 Å². The van der Waals surface area contributed by atoms with Crippen molar-refractivity contribution >= 4 is 17.6 Å². The van der Waals surface area contributed by atoms with Gasteiger partial charge < -0.3 is 10.1 Å². The molecule has 0 saturated heterocycles. The quantitative estimate of drug-likeness (QED) is 0.834. The van der Waals surface area contributed by atoms with E-state index < -0.39 is 12.1 Å². The van der Waals surface area contributed by atoms with Crippen LogP contribution < -0.4 is 5.32 Å². The topological polar surface area (TPSA) is 55.4 Å². The maximum Gasteiger partial charge on any atom is 0.338 e. The van der Waals surface area contributed by atoms with E-state index in [1.165, 1.54) is 0 Å². The van der Waals surface area contributed by atoms with Crippen LogP contribution in [0.4, 0.5) is 5.69 Å². The van der Waals surface area contributed by atoms with Gasteiger partial charge in [-0.15, -0.1) is 0 Å². The van der Waals surface area contributed by atoms with E-state index in [9.17, 15) is 9.59 Å². The second-order valence-corrected chi connectivity index (χ2v) is 6.18. The van der Waals surface area contributed by atoms with Crippen LogP contribution in [0.1, 0.15) is 48.2 Å². The van der Waals surface area contributed by atoms with E-state index in [1.54, 1.807) is 25.1 Å². The standard InChI is InChI=1S/C20H23NO3/c1-13(2)16-8-10-17(11-9-16)20(23)24-15(4)19(22)21-18-7-5-6-14(3)12-18/h5-13,15H,1-4H3,(H,21,22)/t15-/m0/s1. The third-order valence-corrected chi connectivity index (χ3v) is 3.75.